The Kier molecular flexibility index (Phi) is 9.02. The summed E-state index contributed by atoms with van der Waals surface area (Å²) >= 11 is 8.54. The van der Waals surface area contributed by atoms with E-state index in [9.17, 15) is 29.0 Å². The van der Waals surface area contributed by atoms with Gasteiger partial charge in [-0.2, -0.15) is 10.1 Å². The predicted octanol–water partition coefficient (Wildman–Crippen LogP) is -0.545. The van der Waals surface area contributed by atoms with Crippen molar-refractivity contribution in [2.24, 2.45) is 5.92 Å². The number of ether oxygens (including phenoxy) is 2. The molecule has 0 spiro atoms. The molecule has 0 aromatic carbocycles. The molecule has 3 unspecified atom stereocenters. The molecule has 2 aliphatic heterocycles. The fourth-order valence-corrected chi connectivity index (χ4v) is 6.85. The van der Waals surface area contributed by atoms with Crippen LogP contribution < -0.4 is 16.9 Å². The quantitative estimate of drug-likeness (QED) is 0.0844. The Hall–Kier alpha value is -2.59. The second-order valence-corrected chi connectivity index (χ2v) is 15.8. The lowest BCUT2D eigenvalue weighted by Gasteiger charge is -2.23. The smallest absolute Gasteiger partial charge is 0.386 e. The van der Waals surface area contributed by atoms with Gasteiger partial charge >= 0.3 is 13.5 Å². The molecule has 4 aromatic heterocycles. The molecule has 0 saturated carbocycles. The number of fused-ring (bicyclic) bond motifs is 2. The van der Waals surface area contributed by atoms with Gasteiger partial charge in [-0.25, -0.2) is 19.0 Å². The second-order valence-electron chi connectivity index (χ2n) is 10.2. The van der Waals surface area contributed by atoms with E-state index in [2.05, 4.69) is 49.1 Å². The molecular formula is C21H27N9O11P2S2. The van der Waals surface area contributed by atoms with Crippen molar-refractivity contribution in [3.63, 3.8) is 0 Å². The van der Waals surface area contributed by atoms with Crippen molar-refractivity contribution in [2.45, 2.75) is 43.6 Å². The summed E-state index contributed by atoms with van der Waals surface area (Å²) in [4.78, 5) is 58.5. The molecule has 20 nitrogen and oxygen atoms in total. The van der Waals surface area contributed by atoms with Crippen molar-refractivity contribution in [2.75, 3.05) is 25.6 Å². The molecule has 45 heavy (non-hydrogen) atoms. The number of nitrogens with one attached hydrogen (secondary N) is 1. The minimum absolute atomic E-state index is 0.0221. The summed E-state index contributed by atoms with van der Waals surface area (Å²) in [5.74, 6) is -1.21. The number of aromatic amines is 1. The molecule has 2 fully saturated rings. The van der Waals surface area contributed by atoms with Crippen molar-refractivity contribution >= 4 is 60.3 Å². The Morgan fingerprint density at radius 3 is 2.64 bits per heavy atom. The molecule has 2 saturated heterocycles. The van der Waals surface area contributed by atoms with Gasteiger partial charge in [0, 0.05) is 12.4 Å². The van der Waals surface area contributed by atoms with E-state index < -0.39 is 69.0 Å². The highest BCUT2D eigenvalue weighted by Gasteiger charge is 2.47. The van der Waals surface area contributed by atoms with Gasteiger partial charge in [0.05, 0.1) is 44.3 Å². The lowest BCUT2D eigenvalue weighted by Crippen LogP contribution is -2.32. The van der Waals surface area contributed by atoms with E-state index in [0.717, 1.165) is 0 Å². The number of rotatable bonds is 11. The Bertz CT molecular complexity index is 1930. The molecule has 0 bridgehead atoms. The number of nitrogens with two attached hydrogens (primary N) is 1. The standard InChI is InChI=1S/C21H27N9O11P2S2/c22-21-26-16-14(18(32)27-21)24-8-29(16)20-11(15(31)12(41-20)7-37-42(34,35)44)6-39-43(36,45)38-5-10-1-2-13(40-10)28-9-25-30-4-3-23-17(30)19(28)33/h3-4,8-13,15,20,31H,1-2,5-7H2,(H,36,45)(H2,34,35,44)(H3,22,26,27,32)/t10-,11?,12+,13+,15?,20+,43?/m0/s1. The van der Waals surface area contributed by atoms with Crippen LogP contribution in [0.4, 0.5) is 5.95 Å². The Labute approximate surface area is 262 Å². The predicted molar refractivity (Wildman–Crippen MR) is 160 cm³/mol. The Balaban J connectivity index is 1.12. The number of imidazole rings is 2. The maximum atomic E-state index is 13.2. The molecule has 244 valence electrons. The summed E-state index contributed by atoms with van der Waals surface area (Å²) in [5, 5.41) is 15.2. The first-order valence-corrected chi connectivity index (χ1v) is 18.6. The number of hydrogen-bond acceptors (Lipinski definition) is 15. The van der Waals surface area contributed by atoms with E-state index in [1.54, 1.807) is 6.20 Å². The third-order valence-corrected chi connectivity index (χ3v) is 9.67. The lowest BCUT2D eigenvalue weighted by molar-refractivity contribution is -0.0433. The van der Waals surface area contributed by atoms with Crippen molar-refractivity contribution < 1.29 is 42.5 Å². The van der Waals surface area contributed by atoms with Crippen LogP contribution >= 0.6 is 25.8 Å². The zero-order valence-electron chi connectivity index (χ0n) is 22.9. The number of aliphatic hydroxyl groups excluding tert-OH is 1. The molecule has 24 heteroatoms. The summed E-state index contributed by atoms with van der Waals surface area (Å²) in [5.41, 5.74) is 4.80. The van der Waals surface area contributed by atoms with Crippen LogP contribution in [0.15, 0.2) is 34.6 Å². The number of anilines is 1. The highest BCUT2D eigenvalue weighted by Crippen LogP contribution is 2.55. The molecule has 0 aliphatic carbocycles. The fraction of sp³-hybridized carbons (Fsp3) is 0.524. The lowest BCUT2D eigenvalue weighted by atomic mass is 10.0. The molecular weight excluding hydrogens is 680 g/mol. The molecule has 6 heterocycles. The number of aromatic nitrogens is 8. The topological polar surface area (TPSA) is 266 Å². The van der Waals surface area contributed by atoms with E-state index >= 15 is 0 Å². The number of nitrogens with zero attached hydrogens (tertiary/aromatic N) is 7. The van der Waals surface area contributed by atoms with Gasteiger partial charge in [0.1, 0.15) is 24.9 Å². The SMILES string of the molecule is Nc1nc2c(ncn2[C@@H]2O[C@H](COP(O)(O)=S)C(O)C2COP(=O)(S)OC[C@@H]2CC[C@H](n3cnn4ccnc4c3=O)O2)c(=O)[nH]1. The van der Waals surface area contributed by atoms with Crippen LogP contribution in [0.3, 0.4) is 0 Å². The molecule has 7 atom stereocenters. The van der Waals surface area contributed by atoms with Gasteiger partial charge in [-0.3, -0.25) is 28.2 Å². The third kappa shape index (κ3) is 6.92. The largest absolute Gasteiger partial charge is 0.390 e. The number of H-pyrrole nitrogens is 1. The van der Waals surface area contributed by atoms with Gasteiger partial charge in [-0.1, -0.05) is 12.2 Å². The van der Waals surface area contributed by atoms with Gasteiger partial charge in [-0.15, -0.1) is 0 Å². The van der Waals surface area contributed by atoms with Gasteiger partial charge in [0.2, 0.25) is 11.6 Å². The summed E-state index contributed by atoms with van der Waals surface area (Å²) in [6.45, 7) is -9.31. The van der Waals surface area contributed by atoms with Crippen molar-refractivity contribution in [1.82, 2.24) is 38.7 Å². The van der Waals surface area contributed by atoms with Gasteiger partial charge in [0.25, 0.3) is 11.1 Å². The highest BCUT2D eigenvalue weighted by molar-refractivity contribution is 8.44. The normalized spacial score (nSPS) is 27.0. The number of aliphatic hydroxyl groups is 1. The van der Waals surface area contributed by atoms with Crippen LogP contribution in [0, 0.1) is 5.92 Å². The van der Waals surface area contributed by atoms with Crippen LogP contribution in [0.5, 0.6) is 0 Å². The van der Waals surface area contributed by atoms with Crippen LogP contribution in [0.25, 0.3) is 16.8 Å². The van der Waals surface area contributed by atoms with E-state index in [0.29, 0.717) is 12.8 Å². The van der Waals surface area contributed by atoms with E-state index in [-0.39, 0.29) is 34.9 Å². The highest BCUT2D eigenvalue weighted by atomic mass is 32.7. The van der Waals surface area contributed by atoms with Crippen molar-refractivity contribution in [3.8, 4) is 0 Å². The van der Waals surface area contributed by atoms with Crippen LogP contribution in [-0.4, -0.2) is 91.7 Å². The van der Waals surface area contributed by atoms with Crippen LogP contribution in [0.1, 0.15) is 25.3 Å². The number of nitrogen functional groups attached to an aromatic ring is 1. The number of thiol groups is 1. The summed E-state index contributed by atoms with van der Waals surface area (Å²) in [6.07, 6.45) is 1.64. The first-order chi connectivity index (χ1) is 21.3. The minimum atomic E-state index is -4.09. The first-order valence-electron chi connectivity index (χ1n) is 13.2. The van der Waals surface area contributed by atoms with E-state index in [4.69, 9.17) is 28.8 Å². The first kappa shape index (κ1) is 32.4. The maximum absolute atomic E-state index is 13.2. The minimum Gasteiger partial charge on any atom is -0.390 e. The number of hydrogen-bond donors (Lipinski definition) is 6. The van der Waals surface area contributed by atoms with Gasteiger partial charge < -0.3 is 39.1 Å². The van der Waals surface area contributed by atoms with E-state index in [1.807, 2.05) is 0 Å². The average molecular weight is 708 g/mol. The summed E-state index contributed by atoms with van der Waals surface area (Å²) in [6, 6.07) is 0. The zero-order valence-corrected chi connectivity index (χ0v) is 26.4. The monoisotopic (exact) mass is 707 g/mol. The maximum Gasteiger partial charge on any atom is 0.386 e. The van der Waals surface area contributed by atoms with Crippen molar-refractivity contribution in [1.29, 1.82) is 0 Å². The van der Waals surface area contributed by atoms with Gasteiger partial charge in [0.15, 0.2) is 11.2 Å². The van der Waals surface area contributed by atoms with Crippen molar-refractivity contribution in [3.05, 3.63) is 45.8 Å². The molecule has 6 rings (SSSR count). The Morgan fingerprint density at radius 2 is 1.87 bits per heavy atom. The molecule has 4 aromatic rings. The Morgan fingerprint density at radius 1 is 1.09 bits per heavy atom. The molecule has 0 radical (unpaired) electrons. The summed E-state index contributed by atoms with van der Waals surface area (Å²) < 4.78 is 44.9. The van der Waals surface area contributed by atoms with Crippen LogP contribution in [-0.2, 0) is 39.4 Å². The van der Waals surface area contributed by atoms with Gasteiger partial charge in [-0.05, 0) is 24.6 Å². The zero-order chi connectivity index (χ0) is 32.1. The summed E-state index contributed by atoms with van der Waals surface area (Å²) in [7, 11) is 0. The molecule has 0 amide bonds. The molecule has 6 N–H and O–H groups in total. The second kappa shape index (κ2) is 12.5. The molecule has 2 aliphatic rings. The third-order valence-electron chi connectivity index (χ3n) is 7.23. The van der Waals surface area contributed by atoms with E-state index in [1.165, 1.54) is 32.5 Å². The van der Waals surface area contributed by atoms with Crippen LogP contribution in [0.2, 0.25) is 0 Å². The fourth-order valence-electron chi connectivity index (χ4n) is 5.13. The average Bonchev–Trinajstić information content (AvgIpc) is 3.76.